The van der Waals surface area contributed by atoms with Crippen LogP contribution >= 0.6 is 0 Å². The number of esters is 1. The Kier molecular flexibility index (Phi) is 5.29. The van der Waals surface area contributed by atoms with Gasteiger partial charge in [0.2, 0.25) is 0 Å². The van der Waals surface area contributed by atoms with Crippen LogP contribution in [0.5, 0.6) is 0 Å². The van der Waals surface area contributed by atoms with Crippen molar-refractivity contribution in [1.82, 2.24) is 0 Å². The van der Waals surface area contributed by atoms with Crippen molar-refractivity contribution in [1.29, 1.82) is 0 Å². The van der Waals surface area contributed by atoms with Gasteiger partial charge in [-0.05, 0) is 49.4 Å². The van der Waals surface area contributed by atoms with E-state index in [2.05, 4.69) is 19.9 Å². The summed E-state index contributed by atoms with van der Waals surface area (Å²) in [6.07, 6.45) is 13.0. The van der Waals surface area contributed by atoms with Crippen LogP contribution in [0.3, 0.4) is 0 Å². The Balaban J connectivity index is 2.04. The van der Waals surface area contributed by atoms with Crippen molar-refractivity contribution in [3.8, 4) is 0 Å². The number of hydrogen-bond acceptors (Lipinski definition) is 2. The molecule has 2 aliphatic carbocycles. The summed E-state index contributed by atoms with van der Waals surface area (Å²) in [5.41, 5.74) is 2.15. The Morgan fingerprint density at radius 1 is 1.35 bits per heavy atom. The molecule has 0 amide bonds. The SMILES string of the molecule is CC[C@H]1C=C(C2(C)CCCCC2)CC[C@H]1COC(C)=O. The molecule has 0 bridgehead atoms. The van der Waals surface area contributed by atoms with Crippen LogP contribution in [0, 0.1) is 17.3 Å². The fourth-order valence-corrected chi connectivity index (χ4v) is 4.07. The molecule has 20 heavy (non-hydrogen) atoms. The smallest absolute Gasteiger partial charge is 0.302 e. The maximum absolute atomic E-state index is 11.0. The van der Waals surface area contributed by atoms with Crippen LogP contribution < -0.4 is 0 Å². The van der Waals surface area contributed by atoms with Gasteiger partial charge in [-0.25, -0.2) is 0 Å². The van der Waals surface area contributed by atoms with E-state index in [1.54, 1.807) is 5.57 Å². The van der Waals surface area contributed by atoms with Gasteiger partial charge in [-0.3, -0.25) is 4.79 Å². The largest absolute Gasteiger partial charge is 0.466 e. The van der Waals surface area contributed by atoms with E-state index in [4.69, 9.17) is 4.74 Å². The third-order valence-corrected chi connectivity index (χ3v) is 5.51. The summed E-state index contributed by atoms with van der Waals surface area (Å²) in [5.74, 6) is 0.977. The molecular formula is C18H30O2. The molecule has 0 aromatic rings. The first-order chi connectivity index (χ1) is 9.55. The van der Waals surface area contributed by atoms with Gasteiger partial charge in [0.1, 0.15) is 0 Å². The molecule has 0 radical (unpaired) electrons. The zero-order valence-corrected chi connectivity index (χ0v) is 13.4. The van der Waals surface area contributed by atoms with Crippen LogP contribution in [0.15, 0.2) is 11.6 Å². The quantitative estimate of drug-likeness (QED) is 0.541. The minimum absolute atomic E-state index is 0.145. The lowest BCUT2D eigenvalue weighted by molar-refractivity contribution is -0.142. The third kappa shape index (κ3) is 3.65. The minimum atomic E-state index is -0.145. The maximum atomic E-state index is 11.0. The summed E-state index contributed by atoms with van der Waals surface area (Å²) in [7, 11) is 0. The van der Waals surface area contributed by atoms with Crippen molar-refractivity contribution < 1.29 is 9.53 Å². The minimum Gasteiger partial charge on any atom is -0.466 e. The second-order valence-corrected chi connectivity index (χ2v) is 6.99. The highest BCUT2D eigenvalue weighted by Crippen LogP contribution is 2.47. The molecule has 1 fully saturated rings. The summed E-state index contributed by atoms with van der Waals surface area (Å²) in [6, 6.07) is 0. The fourth-order valence-electron chi connectivity index (χ4n) is 4.07. The Hall–Kier alpha value is -0.790. The summed E-state index contributed by atoms with van der Waals surface area (Å²) in [4.78, 5) is 11.0. The van der Waals surface area contributed by atoms with Gasteiger partial charge in [0, 0.05) is 6.92 Å². The van der Waals surface area contributed by atoms with E-state index in [0.29, 0.717) is 23.9 Å². The van der Waals surface area contributed by atoms with Crippen molar-refractivity contribution >= 4 is 5.97 Å². The van der Waals surface area contributed by atoms with Crippen LogP contribution in [0.25, 0.3) is 0 Å². The summed E-state index contributed by atoms with van der Waals surface area (Å²) < 4.78 is 5.25. The molecule has 2 atom stereocenters. The number of hydrogen-bond donors (Lipinski definition) is 0. The predicted molar refractivity (Wildman–Crippen MR) is 82.4 cm³/mol. The molecule has 1 saturated carbocycles. The van der Waals surface area contributed by atoms with Gasteiger partial charge in [0.05, 0.1) is 6.61 Å². The van der Waals surface area contributed by atoms with E-state index < -0.39 is 0 Å². The van der Waals surface area contributed by atoms with E-state index in [1.165, 1.54) is 51.9 Å². The summed E-state index contributed by atoms with van der Waals surface area (Å²) in [5, 5.41) is 0. The van der Waals surface area contributed by atoms with Crippen LogP contribution in [-0.2, 0) is 9.53 Å². The van der Waals surface area contributed by atoms with Crippen molar-refractivity contribution in [3.63, 3.8) is 0 Å². The monoisotopic (exact) mass is 278 g/mol. The number of carbonyl (C=O) groups is 1. The summed E-state index contributed by atoms with van der Waals surface area (Å²) in [6.45, 7) is 6.84. The number of ether oxygens (including phenoxy) is 1. The lowest BCUT2D eigenvalue weighted by atomic mass is 9.65. The fraction of sp³-hybridized carbons (Fsp3) is 0.833. The molecule has 0 heterocycles. The first-order valence-electron chi connectivity index (χ1n) is 8.39. The van der Waals surface area contributed by atoms with Gasteiger partial charge in [0.15, 0.2) is 0 Å². The molecule has 2 heteroatoms. The zero-order chi connectivity index (χ0) is 14.6. The van der Waals surface area contributed by atoms with Crippen LogP contribution in [-0.4, -0.2) is 12.6 Å². The molecule has 2 rings (SSSR count). The molecule has 114 valence electrons. The average Bonchev–Trinajstić information content (AvgIpc) is 2.45. The van der Waals surface area contributed by atoms with Crippen LogP contribution in [0.2, 0.25) is 0 Å². The molecule has 0 aromatic carbocycles. The molecule has 0 spiro atoms. The lowest BCUT2D eigenvalue weighted by Gasteiger charge is -2.40. The molecule has 2 aliphatic rings. The Morgan fingerprint density at radius 3 is 2.65 bits per heavy atom. The highest BCUT2D eigenvalue weighted by Gasteiger charge is 2.34. The van der Waals surface area contributed by atoms with Gasteiger partial charge in [-0.15, -0.1) is 0 Å². The van der Waals surface area contributed by atoms with E-state index >= 15 is 0 Å². The topological polar surface area (TPSA) is 26.3 Å². The lowest BCUT2D eigenvalue weighted by Crippen LogP contribution is -2.30. The van der Waals surface area contributed by atoms with E-state index in [0.717, 1.165) is 6.42 Å². The maximum Gasteiger partial charge on any atom is 0.302 e. The predicted octanol–water partition coefficient (Wildman–Crippen LogP) is 4.88. The van der Waals surface area contributed by atoms with Gasteiger partial charge in [0.25, 0.3) is 0 Å². The van der Waals surface area contributed by atoms with Crippen LogP contribution in [0.1, 0.15) is 72.1 Å². The van der Waals surface area contributed by atoms with Crippen molar-refractivity contribution in [2.75, 3.05) is 6.61 Å². The third-order valence-electron chi connectivity index (χ3n) is 5.51. The van der Waals surface area contributed by atoms with Gasteiger partial charge >= 0.3 is 5.97 Å². The Labute approximate surface area is 124 Å². The van der Waals surface area contributed by atoms with Crippen molar-refractivity contribution in [3.05, 3.63) is 11.6 Å². The highest BCUT2D eigenvalue weighted by atomic mass is 16.5. The molecule has 0 unspecified atom stereocenters. The second kappa shape index (κ2) is 6.78. The zero-order valence-electron chi connectivity index (χ0n) is 13.4. The highest BCUT2D eigenvalue weighted by molar-refractivity contribution is 5.65. The normalized spacial score (nSPS) is 29.6. The number of allylic oxidation sites excluding steroid dienone is 2. The van der Waals surface area contributed by atoms with E-state index in [-0.39, 0.29) is 5.97 Å². The molecule has 0 saturated heterocycles. The van der Waals surface area contributed by atoms with Crippen molar-refractivity contribution in [2.24, 2.45) is 17.3 Å². The van der Waals surface area contributed by atoms with Gasteiger partial charge < -0.3 is 4.74 Å². The molecule has 0 aliphatic heterocycles. The van der Waals surface area contributed by atoms with E-state index in [9.17, 15) is 4.79 Å². The number of carbonyl (C=O) groups excluding carboxylic acids is 1. The molecule has 2 nitrogen and oxygen atoms in total. The summed E-state index contributed by atoms with van der Waals surface area (Å²) >= 11 is 0. The molecule has 0 N–H and O–H groups in total. The van der Waals surface area contributed by atoms with Crippen LogP contribution in [0.4, 0.5) is 0 Å². The standard InChI is InChI=1S/C18H30O2/c1-4-15-12-17(18(3)10-6-5-7-11-18)9-8-16(15)13-20-14(2)19/h12,15-16H,4-11,13H2,1-3H3/t15-,16-/m0/s1. The van der Waals surface area contributed by atoms with Gasteiger partial charge in [-0.2, -0.15) is 0 Å². The molecular weight excluding hydrogens is 248 g/mol. The average molecular weight is 278 g/mol. The van der Waals surface area contributed by atoms with Crippen molar-refractivity contribution in [2.45, 2.75) is 72.1 Å². The first-order valence-corrected chi connectivity index (χ1v) is 8.39. The Bertz CT molecular complexity index is 364. The number of rotatable bonds is 4. The van der Waals surface area contributed by atoms with E-state index in [1.807, 2.05) is 0 Å². The second-order valence-electron chi connectivity index (χ2n) is 6.99. The van der Waals surface area contributed by atoms with Gasteiger partial charge in [-0.1, -0.05) is 44.8 Å². The first kappa shape index (κ1) is 15.6. The molecule has 0 aromatic heterocycles. The Morgan fingerprint density at radius 2 is 2.05 bits per heavy atom.